The van der Waals surface area contributed by atoms with Gasteiger partial charge in [0.15, 0.2) is 0 Å². The van der Waals surface area contributed by atoms with Gasteiger partial charge >= 0.3 is 0 Å². The van der Waals surface area contributed by atoms with E-state index in [2.05, 4.69) is 0 Å². The molecular formula is C7H10O. The van der Waals surface area contributed by atoms with E-state index in [1.165, 1.54) is 12.8 Å². The van der Waals surface area contributed by atoms with Gasteiger partial charge < -0.3 is 0 Å². The molecule has 0 N–H and O–H groups in total. The lowest BCUT2D eigenvalue weighted by molar-refractivity contribution is -0.118. The molecule has 2 radical (unpaired) electrons. The third-order valence-corrected chi connectivity index (χ3v) is 1.76. The van der Waals surface area contributed by atoms with Crippen LogP contribution in [0, 0.1) is 12.8 Å². The second-order valence-corrected chi connectivity index (χ2v) is 2.38. The van der Waals surface area contributed by atoms with Crippen molar-refractivity contribution in [2.75, 3.05) is 0 Å². The van der Waals surface area contributed by atoms with Crippen molar-refractivity contribution in [2.24, 2.45) is 5.92 Å². The Morgan fingerprint density at radius 3 is 2.12 bits per heavy atom. The first kappa shape index (κ1) is 5.80. The summed E-state index contributed by atoms with van der Waals surface area (Å²) in [7, 11) is 0. The first-order valence-corrected chi connectivity index (χ1v) is 3.10. The number of carbonyl (C=O) groups is 1. The number of hydrogen-bond donors (Lipinski definition) is 0. The molecule has 1 rings (SSSR count). The summed E-state index contributed by atoms with van der Waals surface area (Å²) in [6.07, 6.45) is 4.42. The number of carbonyl (C=O) groups excluding carboxylic acids is 1. The van der Waals surface area contributed by atoms with E-state index in [1.807, 2.05) is 0 Å². The van der Waals surface area contributed by atoms with Crippen LogP contribution in [0.5, 0.6) is 0 Å². The maximum absolute atomic E-state index is 10.4. The highest BCUT2D eigenvalue weighted by Gasteiger charge is 2.18. The fourth-order valence-corrected chi connectivity index (χ4v) is 1.21. The lowest BCUT2D eigenvalue weighted by atomic mass is 10.0. The van der Waals surface area contributed by atoms with E-state index < -0.39 is 0 Å². The number of hydrogen-bond acceptors (Lipinski definition) is 1. The van der Waals surface area contributed by atoms with Crippen LogP contribution in [-0.2, 0) is 4.79 Å². The van der Waals surface area contributed by atoms with Crippen molar-refractivity contribution < 1.29 is 4.79 Å². The number of ketones is 1. The van der Waals surface area contributed by atoms with Gasteiger partial charge in [-0.1, -0.05) is 12.8 Å². The van der Waals surface area contributed by atoms with Gasteiger partial charge in [0.25, 0.3) is 0 Å². The van der Waals surface area contributed by atoms with Gasteiger partial charge in [-0.2, -0.15) is 0 Å². The molecular weight excluding hydrogens is 100 g/mol. The zero-order valence-electron chi connectivity index (χ0n) is 4.89. The van der Waals surface area contributed by atoms with Gasteiger partial charge in [0.2, 0.25) is 0 Å². The van der Waals surface area contributed by atoms with E-state index >= 15 is 0 Å². The third-order valence-electron chi connectivity index (χ3n) is 1.76. The molecule has 8 heavy (non-hydrogen) atoms. The van der Waals surface area contributed by atoms with Crippen molar-refractivity contribution >= 4 is 5.78 Å². The summed E-state index contributed by atoms with van der Waals surface area (Å²) < 4.78 is 0. The average Bonchev–Trinajstić information content (AvgIpc) is 2.12. The Hall–Kier alpha value is -0.330. The van der Waals surface area contributed by atoms with Crippen LogP contribution < -0.4 is 0 Å². The van der Waals surface area contributed by atoms with Gasteiger partial charge in [-0.15, -0.1) is 0 Å². The van der Waals surface area contributed by atoms with E-state index in [1.54, 1.807) is 0 Å². The highest BCUT2D eigenvalue weighted by molar-refractivity contribution is 5.85. The van der Waals surface area contributed by atoms with Crippen LogP contribution >= 0.6 is 0 Å². The SMILES string of the molecule is [CH]C(=O)C1CCCC1. The van der Waals surface area contributed by atoms with Crippen LogP contribution in [0.1, 0.15) is 25.7 Å². The summed E-state index contributed by atoms with van der Waals surface area (Å²) in [6, 6.07) is 0. The van der Waals surface area contributed by atoms with Crippen molar-refractivity contribution in [3.8, 4) is 0 Å². The molecule has 1 aliphatic rings. The van der Waals surface area contributed by atoms with E-state index in [0.717, 1.165) is 12.8 Å². The van der Waals surface area contributed by atoms with Crippen molar-refractivity contribution in [2.45, 2.75) is 25.7 Å². The third kappa shape index (κ3) is 1.09. The smallest absolute Gasteiger partial charge is 0.140 e. The molecule has 0 bridgehead atoms. The molecule has 0 unspecified atom stereocenters. The minimum absolute atomic E-state index is 0.109. The Bertz CT molecular complexity index is 90.6. The normalized spacial score (nSPS) is 21.6. The lowest BCUT2D eigenvalue weighted by Gasteiger charge is -1.98. The van der Waals surface area contributed by atoms with Gasteiger partial charge in [-0.05, 0) is 12.8 Å². The number of Topliss-reactive ketones (excluding diaryl/α,β-unsaturated/α-hetero) is 1. The molecule has 1 saturated carbocycles. The van der Waals surface area contributed by atoms with Crippen LogP contribution in [0.15, 0.2) is 0 Å². The first-order valence-electron chi connectivity index (χ1n) is 3.10. The Morgan fingerprint density at radius 1 is 1.38 bits per heavy atom. The fraction of sp³-hybridized carbons (Fsp3) is 0.714. The maximum Gasteiger partial charge on any atom is 0.140 e. The van der Waals surface area contributed by atoms with Crippen LogP contribution in [0.25, 0.3) is 0 Å². The van der Waals surface area contributed by atoms with Gasteiger partial charge in [0, 0.05) is 12.8 Å². The van der Waals surface area contributed by atoms with E-state index in [9.17, 15) is 4.79 Å². The van der Waals surface area contributed by atoms with Gasteiger partial charge in [0.05, 0.1) is 0 Å². The Balaban J connectivity index is 2.35. The molecule has 0 aliphatic heterocycles. The van der Waals surface area contributed by atoms with Crippen LogP contribution in [0.4, 0.5) is 0 Å². The van der Waals surface area contributed by atoms with E-state index in [0.29, 0.717) is 0 Å². The summed E-state index contributed by atoms with van der Waals surface area (Å²) in [5.74, 6) is 0.0949. The predicted octanol–water partition coefficient (Wildman–Crippen LogP) is 1.46. The molecule has 0 atom stereocenters. The molecule has 1 fully saturated rings. The Labute approximate surface area is 50.1 Å². The van der Waals surface area contributed by atoms with Crippen LogP contribution in [0.3, 0.4) is 0 Å². The highest BCUT2D eigenvalue weighted by atomic mass is 16.1. The molecule has 1 nitrogen and oxygen atoms in total. The first-order chi connectivity index (χ1) is 3.80. The molecule has 0 amide bonds. The molecule has 1 heteroatoms. The molecule has 0 heterocycles. The number of rotatable bonds is 1. The summed E-state index contributed by atoms with van der Waals surface area (Å²) in [5, 5.41) is 0. The molecule has 44 valence electrons. The van der Waals surface area contributed by atoms with Gasteiger partial charge in [-0.25, -0.2) is 0 Å². The molecule has 0 aromatic carbocycles. The van der Waals surface area contributed by atoms with Gasteiger partial charge in [-0.3, -0.25) is 4.79 Å². The summed E-state index contributed by atoms with van der Waals surface area (Å²) in [5.41, 5.74) is 0. The zero-order valence-corrected chi connectivity index (χ0v) is 4.89. The van der Waals surface area contributed by atoms with E-state index in [-0.39, 0.29) is 11.7 Å². The summed E-state index contributed by atoms with van der Waals surface area (Å²) in [6.45, 7) is 5.06. The quantitative estimate of drug-likeness (QED) is 0.499. The summed E-state index contributed by atoms with van der Waals surface area (Å²) >= 11 is 0. The predicted molar refractivity (Wildman–Crippen MR) is 31.3 cm³/mol. The molecule has 0 aromatic rings. The standard InChI is InChI=1S/C7H10O/c1-6(8)7-4-2-3-5-7/h1,7H,2-5H2. The van der Waals surface area contributed by atoms with Crippen LogP contribution in [0.2, 0.25) is 0 Å². The molecule has 0 saturated heterocycles. The Morgan fingerprint density at radius 2 is 1.88 bits per heavy atom. The Kier molecular flexibility index (Phi) is 1.66. The van der Waals surface area contributed by atoms with Crippen molar-refractivity contribution in [1.82, 2.24) is 0 Å². The largest absolute Gasteiger partial charge is 0.299 e. The lowest BCUT2D eigenvalue weighted by Crippen LogP contribution is -2.04. The van der Waals surface area contributed by atoms with E-state index in [4.69, 9.17) is 6.92 Å². The molecule has 0 aromatic heterocycles. The minimum Gasteiger partial charge on any atom is -0.299 e. The topological polar surface area (TPSA) is 17.1 Å². The highest BCUT2D eigenvalue weighted by Crippen LogP contribution is 2.24. The molecule has 0 spiro atoms. The van der Waals surface area contributed by atoms with Gasteiger partial charge in [0.1, 0.15) is 5.78 Å². The minimum atomic E-state index is -0.109. The maximum atomic E-state index is 10.4. The van der Waals surface area contributed by atoms with Crippen LogP contribution in [-0.4, -0.2) is 5.78 Å². The van der Waals surface area contributed by atoms with Crippen molar-refractivity contribution in [3.05, 3.63) is 6.92 Å². The second kappa shape index (κ2) is 2.29. The van der Waals surface area contributed by atoms with Crippen molar-refractivity contribution in [1.29, 1.82) is 0 Å². The van der Waals surface area contributed by atoms with Crippen molar-refractivity contribution in [3.63, 3.8) is 0 Å². The molecule has 1 aliphatic carbocycles. The second-order valence-electron chi connectivity index (χ2n) is 2.38. The fourth-order valence-electron chi connectivity index (χ4n) is 1.21. The summed E-state index contributed by atoms with van der Waals surface area (Å²) in [4.78, 5) is 10.4. The average molecular weight is 110 g/mol. The zero-order chi connectivity index (χ0) is 5.98. The monoisotopic (exact) mass is 110 g/mol.